The van der Waals surface area contributed by atoms with Crippen molar-refractivity contribution in [2.45, 2.75) is 19.6 Å². The SMILES string of the molecule is CC(=O)OC(C(=O)[O-])c1ccc(OCc2ccccc2)cc1. The van der Waals surface area contributed by atoms with Crippen molar-refractivity contribution in [3.8, 4) is 5.75 Å². The first-order valence-corrected chi connectivity index (χ1v) is 6.71. The van der Waals surface area contributed by atoms with Gasteiger partial charge in [-0.2, -0.15) is 0 Å². The minimum absolute atomic E-state index is 0.322. The Kier molecular flexibility index (Phi) is 5.14. The van der Waals surface area contributed by atoms with Gasteiger partial charge in [0.15, 0.2) is 6.10 Å². The van der Waals surface area contributed by atoms with E-state index < -0.39 is 18.0 Å². The van der Waals surface area contributed by atoms with Gasteiger partial charge < -0.3 is 19.4 Å². The van der Waals surface area contributed by atoms with Crippen LogP contribution < -0.4 is 9.84 Å². The van der Waals surface area contributed by atoms with Gasteiger partial charge in [-0.05, 0) is 23.3 Å². The predicted octanol–water partition coefficient (Wildman–Crippen LogP) is 1.62. The Bertz CT molecular complexity index is 634. The standard InChI is InChI=1S/C17H16O5/c1-12(18)22-16(17(19)20)14-7-9-15(10-8-14)21-11-13-5-3-2-4-6-13/h2-10,16H,11H2,1H3,(H,19,20)/p-1. The lowest BCUT2D eigenvalue weighted by molar-refractivity contribution is -0.316. The number of benzene rings is 2. The number of hydrogen-bond acceptors (Lipinski definition) is 5. The smallest absolute Gasteiger partial charge is 0.303 e. The molecule has 1 atom stereocenters. The number of carboxylic acid groups (broad SMARTS) is 1. The average molecular weight is 299 g/mol. The van der Waals surface area contributed by atoms with Gasteiger partial charge >= 0.3 is 5.97 Å². The lowest BCUT2D eigenvalue weighted by Gasteiger charge is -2.18. The van der Waals surface area contributed by atoms with Crippen LogP contribution in [0.2, 0.25) is 0 Å². The van der Waals surface area contributed by atoms with Crippen molar-refractivity contribution >= 4 is 11.9 Å². The third-order valence-electron chi connectivity index (χ3n) is 2.93. The molecule has 0 amide bonds. The van der Waals surface area contributed by atoms with E-state index in [-0.39, 0.29) is 0 Å². The zero-order valence-electron chi connectivity index (χ0n) is 12.0. The highest BCUT2D eigenvalue weighted by Gasteiger charge is 2.16. The molecule has 2 aromatic carbocycles. The van der Waals surface area contributed by atoms with Crippen LogP contribution in [0.5, 0.6) is 5.75 Å². The highest BCUT2D eigenvalue weighted by Crippen LogP contribution is 2.21. The molecule has 5 nitrogen and oxygen atoms in total. The van der Waals surface area contributed by atoms with E-state index in [1.807, 2.05) is 30.3 Å². The number of ether oxygens (including phenoxy) is 2. The van der Waals surface area contributed by atoms with Gasteiger partial charge in [0.1, 0.15) is 12.4 Å². The minimum atomic E-state index is -1.46. The van der Waals surface area contributed by atoms with Crippen LogP contribution in [0, 0.1) is 0 Å². The summed E-state index contributed by atoms with van der Waals surface area (Å²) in [5, 5.41) is 11.0. The molecule has 0 spiro atoms. The monoisotopic (exact) mass is 299 g/mol. The number of esters is 1. The van der Waals surface area contributed by atoms with E-state index in [2.05, 4.69) is 0 Å². The van der Waals surface area contributed by atoms with Crippen LogP contribution in [0.1, 0.15) is 24.2 Å². The fourth-order valence-corrected chi connectivity index (χ4v) is 1.90. The van der Waals surface area contributed by atoms with Crippen LogP contribution >= 0.6 is 0 Å². The van der Waals surface area contributed by atoms with Crippen molar-refractivity contribution in [2.24, 2.45) is 0 Å². The highest BCUT2D eigenvalue weighted by atomic mass is 16.6. The summed E-state index contributed by atoms with van der Waals surface area (Å²) in [7, 11) is 0. The second kappa shape index (κ2) is 7.26. The quantitative estimate of drug-likeness (QED) is 0.758. The molecule has 0 saturated heterocycles. The molecule has 0 fully saturated rings. The summed E-state index contributed by atoms with van der Waals surface area (Å²) in [6, 6.07) is 16.0. The topological polar surface area (TPSA) is 75.7 Å². The zero-order valence-corrected chi connectivity index (χ0v) is 12.0. The molecule has 0 saturated carbocycles. The molecular weight excluding hydrogens is 284 g/mol. The normalized spacial score (nSPS) is 11.5. The third-order valence-corrected chi connectivity index (χ3v) is 2.93. The molecular formula is C17H15O5-. The first kappa shape index (κ1) is 15.6. The Morgan fingerprint density at radius 2 is 1.68 bits per heavy atom. The van der Waals surface area contributed by atoms with Gasteiger partial charge in [-0.1, -0.05) is 42.5 Å². The predicted molar refractivity (Wildman–Crippen MR) is 76.7 cm³/mol. The Balaban J connectivity index is 2.02. The molecule has 0 radical (unpaired) electrons. The number of carboxylic acids is 1. The molecule has 0 aliphatic carbocycles. The molecule has 1 unspecified atom stereocenters. The molecule has 0 aliphatic heterocycles. The fourth-order valence-electron chi connectivity index (χ4n) is 1.90. The van der Waals surface area contributed by atoms with Crippen molar-refractivity contribution in [1.82, 2.24) is 0 Å². The highest BCUT2D eigenvalue weighted by molar-refractivity contribution is 5.77. The lowest BCUT2D eigenvalue weighted by atomic mass is 10.1. The molecule has 2 aromatic rings. The molecule has 5 heteroatoms. The summed E-state index contributed by atoms with van der Waals surface area (Å²) in [6.07, 6.45) is -1.42. The van der Waals surface area contributed by atoms with E-state index in [0.717, 1.165) is 12.5 Å². The Morgan fingerprint density at radius 1 is 1.05 bits per heavy atom. The van der Waals surface area contributed by atoms with Crippen LogP contribution in [0.15, 0.2) is 54.6 Å². The third kappa shape index (κ3) is 4.34. The van der Waals surface area contributed by atoms with Crippen molar-refractivity contribution in [3.63, 3.8) is 0 Å². The lowest BCUT2D eigenvalue weighted by Crippen LogP contribution is -2.32. The van der Waals surface area contributed by atoms with Crippen LogP contribution in [-0.4, -0.2) is 11.9 Å². The van der Waals surface area contributed by atoms with Crippen molar-refractivity contribution in [2.75, 3.05) is 0 Å². The van der Waals surface area contributed by atoms with E-state index in [4.69, 9.17) is 9.47 Å². The summed E-state index contributed by atoms with van der Waals surface area (Å²) in [4.78, 5) is 21.9. The van der Waals surface area contributed by atoms with Gasteiger partial charge in [-0.25, -0.2) is 0 Å². The summed E-state index contributed by atoms with van der Waals surface area (Å²) >= 11 is 0. The van der Waals surface area contributed by atoms with Gasteiger partial charge in [0.2, 0.25) is 0 Å². The summed E-state index contributed by atoms with van der Waals surface area (Å²) in [6.45, 7) is 1.56. The van der Waals surface area contributed by atoms with Gasteiger partial charge in [0.25, 0.3) is 0 Å². The maximum Gasteiger partial charge on any atom is 0.303 e. The van der Waals surface area contributed by atoms with Crippen molar-refractivity contribution in [1.29, 1.82) is 0 Å². The minimum Gasteiger partial charge on any atom is -0.546 e. The summed E-state index contributed by atoms with van der Waals surface area (Å²) in [5.41, 5.74) is 1.35. The van der Waals surface area contributed by atoms with Crippen LogP contribution in [-0.2, 0) is 20.9 Å². The number of rotatable bonds is 6. The first-order valence-electron chi connectivity index (χ1n) is 6.71. The molecule has 22 heavy (non-hydrogen) atoms. The second-order valence-corrected chi connectivity index (χ2v) is 4.65. The van der Waals surface area contributed by atoms with Gasteiger partial charge in [-0.15, -0.1) is 0 Å². The second-order valence-electron chi connectivity index (χ2n) is 4.65. The van der Waals surface area contributed by atoms with Gasteiger partial charge in [0, 0.05) is 6.92 Å². The van der Waals surface area contributed by atoms with Gasteiger partial charge in [-0.3, -0.25) is 4.79 Å². The number of hydrogen-bond donors (Lipinski definition) is 0. The van der Waals surface area contributed by atoms with E-state index in [9.17, 15) is 14.7 Å². The number of aliphatic carboxylic acids is 1. The zero-order chi connectivity index (χ0) is 15.9. The molecule has 0 N–H and O–H groups in total. The Hall–Kier alpha value is -2.82. The van der Waals surface area contributed by atoms with E-state index in [1.165, 1.54) is 12.1 Å². The summed E-state index contributed by atoms with van der Waals surface area (Å²) in [5.74, 6) is -1.56. The van der Waals surface area contributed by atoms with Crippen LogP contribution in [0.3, 0.4) is 0 Å². The van der Waals surface area contributed by atoms with Crippen molar-refractivity contribution in [3.05, 3.63) is 65.7 Å². The van der Waals surface area contributed by atoms with Crippen molar-refractivity contribution < 1.29 is 24.2 Å². The van der Waals surface area contributed by atoms with E-state index in [1.54, 1.807) is 12.1 Å². The fraction of sp³-hybridized carbons (Fsp3) is 0.176. The van der Waals surface area contributed by atoms with Gasteiger partial charge in [0.05, 0.1) is 5.97 Å². The molecule has 0 aromatic heterocycles. The first-order chi connectivity index (χ1) is 10.6. The molecule has 0 bridgehead atoms. The van der Waals surface area contributed by atoms with E-state index in [0.29, 0.717) is 17.9 Å². The maximum atomic E-state index is 11.0. The summed E-state index contributed by atoms with van der Waals surface area (Å²) < 4.78 is 10.3. The largest absolute Gasteiger partial charge is 0.546 e. The van der Waals surface area contributed by atoms with Crippen LogP contribution in [0.25, 0.3) is 0 Å². The molecule has 0 aliphatic rings. The molecule has 2 rings (SSSR count). The van der Waals surface area contributed by atoms with Crippen LogP contribution in [0.4, 0.5) is 0 Å². The number of carbonyl (C=O) groups is 2. The Morgan fingerprint density at radius 3 is 2.23 bits per heavy atom. The maximum absolute atomic E-state index is 11.0. The van der Waals surface area contributed by atoms with E-state index >= 15 is 0 Å². The average Bonchev–Trinajstić information content (AvgIpc) is 2.52. The molecule has 114 valence electrons. The molecule has 0 heterocycles. The Labute approximate surface area is 128 Å². The number of carbonyl (C=O) groups excluding carboxylic acids is 2.